The maximum Gasteiger partial charge on any atom is 0.306 e. The highest BCUT2D eigenvalue weighted by atomic mass is 33.1. The Morgan fingerprint density at radius 1 is 1.30 bits per heavy atom. The Kier molecular flexibility index (Phi) is 9.07. The summed E-state index contributed by atoms with van der Waals surface area (Å²) in [6, 6.07) is 0. The van der Waals surface area contributed by atoms with Gasteiger partial charge in [-0.1, -0.05) is 59.7 Å². The van der Waals surface area contributed by atoms with Gasteiger partial charge in [0.2, 0.25) is 0 Å². The third kappa shape index (κ3) is 6.74. The summed E-state index contributed by atoms with van der Waals surface area (Å²) in [4.78, 5) is 12.0. The summed E-state index contributed by atoms with van der Waals surface area (Å²) < 4.78 is 5.51. The number of carbonyl (C=O) groups excluding carboxylic acids is 1. The second kappa shape index (κ2) is 10.8. The van der Waals surface area contributed by atoms with Gasteiger partial charge in [-0.3, -0.25) is 4.79 Å². The molecule has 27 heavy (non-hydrogen) atoms. The minimum Gasteiger partial charge on any atom is -0.461 e. The molecule has 2 fully saturated rings. The SMILES string of the molecule is C=C[C@]1(C)CC[C@@H](C(=C)COC(=O)CCCCC2CCSS2)C[C@H]1C(=C)C. The van der Waals surface area contributed by atoms with Gasteiger partial charge in [0.25, 0.3) is 0 Å². The van der Waals surface area contributed by atoms with Crippen LogP contribution < -0.4 is 0 Å². The molecule has 0 aromatic carbocycles. The lowest BCUT2D eigenvalue weighted by Crippen LogP contribution is -2.34. The van der Waals surface area contributed by atoms with Crippen LogP contribution in [0.2, 0.25) is 0 Å². The summed E-state index contributed by atoms with van der Waals surface area (Å²) in [5, 5.41) is 0.791. The van der Waals surface area contributed by atoms with Gasteiger partial charge in [-0.15, -0.1) is 6.58 Å². The predicted octanol–water partition coefficient (Wildman–Crippen LogP) is 6.98. The van der Waals surface area contributed by atoms with Crippen molar-refractivity contribution in [3.8, 4) is 0 Å². The lowest BCUT2D eigenvalue weighted by atomic mass is 9.61. The molecule has 0 radical (unpaired) electrons. The summed E-state index contributed by atoms with van der Waals surface area (Å²) in [6.07, 6.45) is 10.4. The molecule has 1 aliphatic carbocycles. The standard InChI is InChI=1S/C23H36O2S2/c1-6-23(5)13-11-19(15-21(23)17(2)3)18(4)16-25-22(24)10-8-7-9-20-12-14-26-27-20/h6,19-21H,1-2,4,7-16H2,3,5H3/t19-,20?,21+,23-/m1/s1. The highest BCUT2D eigenvalue weighted by Crippen LogP contribution is 2.48. The van der Waals surface area contributed by atoms with Crippen molar-refractivity contribution in [1.82, 2.24) is 0 Å². The van der Waals surface area contributed by atoms with Crippen molar-refractivity contribution < 1.29 is 9.53 Å². The molecule has 0 amide bonds. The maximum absolute atomic E-state index is 12.0. The van der Waals surface area contributed by atoms with E-state index in [0.29, 0.717) is 24.9 Å². The van der Waals surface area contributed by atoms with Crippen LogP contribution in [0.4, 0.5) is 0 Å². The van der Waals surface area contributed by atoms with Crippen molar-refractivity contribution >= 4 is 27.6 Å². The van der Waals surface area contributed by atoms with Gasteiger partial charge in [-0.2, -0.15) is 0 Å². The molecule has 2 aliphatic rings. The molecular weight excluding hydrogens is 372 g/mol. The Bertz CT molecular complexity index is 551. The van der Waals surface area contributed by atoms with Crippen LogP contribution >= 0.6 is 21.6 Å². The van der Waals surface area contributed by atoms with E-state index < -0.39 is 0 Å². The lowest BCUT2D eigenvalue weighted by molar-refractivity contribution is -0.143. The van der Waals surface area contributed by atoms with E-state index in [1.165, 1.54) is 24.2 Å². The van der Waals surface area contributed by atoms with Gasteiger partial charge in [0.15, 0.2) is 0 Å². The molecule has 1 heterocycles. The number of ether oxygens (including phenoxy) is 1. The van der Waals surface area contributed by atoms with Crippen molar-refractivity contribution in [3.63, 3.8) is 0 Å². The molecule has 1 saturated heterocycles. The fourth-order valence-corrected chi connectivity index (χ4v) is 7.31. The van der Waals surface area contributed by atoms with Crippen molar-refractivity contribution in [2.75, 3.05) is 12.4 Å². The topological polar surface area (TPSA) is 26.3 Å². The molecule has 4 atom stereocenters. The Labute approximate surface area is 174 Å². The van der Waals surface area contributed by atoms with E-state index in [9.17, 15) is 4.79 Å². The van der Waals surface area contributed by atoms with Gasteiger partial charge < -0.3 is 4.74 Å². The van der Waals surface area contributed by atoms with Gasteiger partial charge in [0.1, 0.15) is 6.61 Å². The molecule has 1 unspecified atom stereocenters. The van der Waals surface area contributed by atoms with Crippen LogP contribution in [0.3, 0.4) is 0 Å². The van der Waals surface area contributed by atoms with Crippen molar-refractivity contribution in [3.05, 3.63) is 37.0 Å². The number of hydrogen-bond acceptors (Lipinski definition) is 4. The zero-order valence-corrected chi connectivity index (χ0v) is 18.8. The normalized spacial score (nSPS) is 30.7. The first-order valence-corrected chi connectivity index (χ1v) is 12.6. The highest BCUT2D eigenvalue weighted by molar-refractivity contribution is 8.77. The Hall–Kier alpha value is -0.610. The van der Waals surface area contributed by atoms with Crippen LogP contribution in [-0.2, 0) is 9.53 Å². The van der Waals surface area contributed by atoms with Crippen molar-refractivity contribution in [2.45, 2.75) is 70.5 Å². The van der Waals surface area contributed by atoms with Crippen LogP contribution in [0.1, 0.15) is 65.2 Å². The van der Waals surface area contributed by atoms with E-state index in [0.717, 1.165) is 42.9 Å². The monoisotopic (exact) mass is 408 g/mol. The van der Waals surface area contributed by atoms with Crippen LogP contribution in [0.25, 0.3) is 0 Å². The van der Waals surface area contributed by atoms with Crippen molar-refractivity contribution in [1.29, 1.82) is 0 Å². The fraction of sp³-hybridized carbons (Fsp3) is 0.696. The molecular formula is C23H36O2S2. The smallest absolute Gasteiger partial charge is 0.306 e. The maximum atomic E-state index is 12.0. The van der Waals surface area contributed by atoms with Crippen LogP contribution in [0, 0.1) is 17.3 Å². The summed E-state index contributed by atoms with van der Waals surface area (Å²) >= 11 is 0. The molecule has 0 spiro atoms. The van der Waals surface area contributed by atoms with E-state index >= 15 is 0 Å². The Morgan fingerprint density at radius 2 is 2.07 bits per heavy atom. The third-order valence-corrected chi connectivity index (χ3v) is 9.30. The minimum absolute atomic E-state index is 0.0761. The quantitative estimate of drug-likeness (QED) is 0.168. The molecule has 4 heteroatoms. The number of carbonyl (C=O) groups is 1. The number of unbranched alkanes of at least 4 members (excludes halogenated alkanes) is 1. The molecule has 0 aromatic rings. The molecule has 152 valence electrons. The molecule has 2 rings (SSSR count). The van der Waals surface area contributed by atoms with Crippen LogP contribution in [0.15, 0.2) is 37.0 Å². The summed E-state index contributed by atoms with van der Waals surface area (Å²) in [5.41, 5.74) is 2.39. The lowest BCUT2D eigenvalue weighted by Gasteiger charge is -2.43. The molecule has 1 aliphatic heterocycles. The molecule has 0 aromatic heterocycles. The average Bonchev–Trinajstić information content (AvgIpc) is 3.17. The summed E-state index contributed by atoms with van der Waals surface area (Å²) in [5.74, 6) is 2.03. The highest BCUT2D eigenvalue weighted by Gasteiger charge is 2.38. The number of hydrogen-bond donors (Lipinski definition) is 0. The number of esters is 1. The van der Waals surface area contributed by atoms with Crippen LogP contribution in [0.5, 0.6) is 0 Å². The van der Waals surface area contributed by atoms with E-state index in [1.807, 2.05) is 21.6 Å². The molecule has 2 nitrogen and oxygen atoms in total. The van der Waals surface area contributed by atoms with Gasteiger partial charge in [-0.05, 0) is 68.3 Å². The predicted molar refractivity (Wildman–Crippen MR) is 121 cm³/mol. The Balaban J connectivity index is 1.67. The Morgan fingerprint density at radius 3 is 2.70 bits per heavy atom. The zero-order valence-electron chi connectivity index (χ0n) is 17.1. The second-order valence-corrected chi connectivity index (χ2v) is 11.3. The summed E-state index contributed by atoms with van der Waals surface area (Å²) in [6.45, 7) is 17.2. The largest absolute Gasteiger partial charge is 0.461 e. The first kappa shape index (κ1) is 22.7. The van der Waals surface area contributed by atoms with Gasteiger partial charge >= 0.3 is 5.97 Å². The number of rotatable bonds is 10. The molecule has 0 N–H and O–H groups in total. The third-order valence-electron chi connectivity index (χ3n) is 6.29. The summed E-state index contributed by atoms with van der Waals surface area (Å²) in [7, 11) is 3.99. The van der Waals surface area contributed by atoms with E-state index in [1.54, 1.807) is 0 Å². The van der Waals surface area contributed by atoms with Gasteiger partial charge in [0.05, 0.1) is 0 Å². The van der Waals surface area contributed by atoms with Gasteiger partial charge in [-0.25, -0.2) is 0 Å². The van der Waals surface area contributed by atoms with E-state index in [4.69, 9.17) is 4.74 Å². The fourth-order valence-electron chi connectivity index (χ4n) is 4.28. The minimum atomic E-state index is -0.0761. The van der Waals surface area contributed by atoms with Gasteiger partial charge in [0, 0.05) is 17.4 Å². The first-order valence-electron chi connectivity index (χ1n) is 10.3. The zero-order chi connectivity index (χ0) is 19.9. The second-order valence-electron chi connectivity index (χ2n) is 8.47. The van der Waals surface area contributed by atoms with Crippen LogP contribution in [-0.4, -0.2) is 23.6 Å². The molecule has 1 saturated carbocycles. The first-order chi connectivity index (χ1) is 12.9. The number of allylic oxidation sites excluding steroid dienone is 2. The van der Waals surface area contributed by atoms with E-state index in [2.05, 4.69) is 39.7 Å². The average molecular weight is 409 g/mol. The molecule has 0 bridgehead atoms. The van der Waals surface area contributed by atoms with E-state index in [-0.39, 0.29) is 11.4 Å². The van der Waals surface area contributed by atoms with Crippen molar-refractivity contribution in [2.24, 2.45) is 17.3 Å².